The molecular weight excluding hydrogens is 396 g/mol. The number of carbonyl (C=O) groups is 3. The Morgan fingerprint density at radius 1 is 1.13 bits per heavy atom. The van der Waals surface area contributed by atoms with Crippen LogP contribution in [-0.2, 0) is 16.0 Å². The third-order valence-corrected chi connectivity index (χ3v) is 4.92. The van der Waals surface area contributed by atoms with Crippen LogP contribution in [0.15, 0.2) is 42.5 Å². The maximum Gasteiger partial charge on any atom is 0.325 e. The standard InChI is InChI=1S/C21H21F2N3O4/c1-21(10-9-13-3-6-15(30-2)7-4-13)19(28)26(20(29)25-21)12-18(27)24-14-5-8-16(22)17(23)11-14/h3-8,11H,9-10,12H2,1-2H3,(H,24,27)(H,25,29)/t21-/m1/s1. The number of ether oxygens (including phenoxy) is 1. The van der Waals surface area contributed by atoms with Crippen LogP contribution in [0.2, 0.25) is 0 Å². The molecule has 1 aliphatic rings. The number of aryl methyl sites for hydroxylation is 1. The fourth-order valence-electron chi connectivity index (χ4n) is 3.16. The Bertz CT molecular complexity index is 981. The van der Waals surface area contributed by atoms with Gasteiger partial charge in [0.2, 0.25) is 5.91 Å². The van der Waals surface area contributed by atoms with Crippen molar-refractivity contribution < 1.29 is 27.9 Å². The number of carbonyl (C=O) groups excluding carboxylic acids is 3. The summed E-state index contributed by atoms with van der Waals surface area (Å²) in [6, 6.07) is 9.54. The summed E-state index contributed by atoms with van der Waals surface area (Å²) < 4.78 is 31.4. The quantitative estimate of drug-likeness (QED) is 0.679. The Morgan fingerprint density at radius 3 is 2.47 bits per heavy atom. The van der Waals surface area contributed by atoms with Crippen LogP contribution in [0, 0.1) is 11.6 Å². The van der Waals surface area contributed by atoms with Gasteiger partial charge in [-0.15, -0.1) is 0 Å². The summed E-state index contributed by atoms with van der Waals surface area (Å²) in [5.41, 5.74) is -0.166. The van der Waals surface area contributed by atoms with Gasteiger partial charge in [0.25, 0.3) is 5.91 Å². The molecule has 1 saturated heterocycles. The van der Waals surface area contributed by atoms with E-state index in [1.54, 1.807) is 14.0 Å². The average Bonchev–Trinajstić information content (AvgIpc) is 2.93. The molecule has 0 saturated carbocycles. The number of benzene rings is 2. The Kier molecular flexibility index (Phi) is 6.00. The Morgan fingerprint density at radius 2 is 1.83 bits per heavy atom. The molecule has 2 aromatic rings. The second-order valence-corrected chi connectivity index (χ2v) is 7.18. The van der Waals surface area contributed by atoms with Crippen molar-refractivity contribution in [2.24, 2.45) is 0 Å². The number of nitrogens with zero attached hydrogens (tertiary/aromatic N) is 1. The summed E-state index contributed by atoms with van der Waals surface area (Å²) >= 11 is 0. The van der Waals surface area contributed by atoms with Crippen molar-refractivity contribution in [3.05, 3.63) is 59.7 Å². The third kappa shape index (κ3) is 4.56. The van der Waals surface area contributed by atoms with E-state index in [9.17, 15) is 23.2 Å². The molecule has 1 heterocycles. The molecule has 2 N–H and O–H groups in total. The van der Waals surface area contributed by atoms with Crippen molar-refractivity contribution in [2.45, 2.75) is 25.3 Å². The molecule has 0 aliphatic carbocycles. The van der Waals surface area contributed by atoms with E-state index in [2.05, 4.69) is 10.6 Å². The highest BCUT2D eigenvalue weighted by Crippen LogP contribution is 2.24. The Balaban J connectivity index is 1.61. The van der Waals surface area contributed by atoms with Crippen molar-refractivity contribution in [3.63, 3.8) is 0 Å². The van der Waals surface area contributed by atoms with Crippen LogP contribution in [0.1, 0.15) is 18.9 Å². The molecule has 3 rings (SSSR count). The SMILES string of the molecule is COc1ccc(CC[C@@]2(C)NC(=O)N(CC(=O)Nc3ccc(F)c(F)c3)C2=O)cc1. The van der Waals surface area contributed by atoms with Crippen molar-refractivity contribution in [1.29, 1.82) is 0 Å². The summed E-state index contributed by atoms with van der Waals surface area (Å²) in [5, 5.41) is 4.97. The molecule has 9 heteroatoms. The van der Waals surface area contributed by atoms with Crippen LogP contribution in [0.3, 0.4) is 0 Å². The number of amides is 4. The molecule has 0 aromatic heterocycles. The predicted molar refractivity (Wildman–Crippen MR) is 105 cm³/mol. The van der Waals surface area contributed by atoms with Gasteiger partial charge in [-0.2, -0.15) is 0 Å². The molecule has 158 valence electrons. The first kappa shape index (κ1) is 21.2. The van der Waals surface area contributed by atoms with E-state index < -0.39 is 41.6 Å². The fraction of sp³-hybridized carbons (Fsp3) is 0.286. The summed E-state index contributed by atoms with van der Waals surface area (Å²) in [6.07, 6.45) is 0.868. The second kappa shape index (κ2) is 8.48. The van der Waals surface area contributed by atoms with Gasteiger partial charge in [-0.3, -0.25) is 14.5 Å². The van der Waals surface area contributed by atoms with Gasteiger partial charge >= 0.3 is 6.03 Å². The zero-order chi connectivity index (χ0) is 21.9. The van der Waals surface area contributed by atoms with Gasteiger partial charge in [0, 0.05) is 11.8 Å². The van der Waals surface area contributed by atoms with E-state index in [4.69, 9.17) is 4.74 Å². The highest BCUT2D eigenvalue weighted by molar-refractivity contribution is 6.09. The van der Waals surface area contributed by atoms with Crippen LogP contribution in [0.25, 0.3) is 0 Å². The van der Waals surface area contributed by atoms with Gasteiger partial charge in [0.05, 0.1) is 7.11 Å². The van der Waals surface area contributed by atoms with E-state index >= 15 is 0 Å². The minimum Gasteiger partial charge on any atom is -0.497 e. The normalized spacial score (nSPS) is 18.3. The first-order chi connectivity index (χ1) is 14.2. The van der Waals surface area contributed by atoms with Crippen molar-refractivity contribution >= 4 is 23.5 Å². The molecule has 2 aromatic carbocycles. The minimum absolute atomic E-state index is 0.0215. The van der Waals surface area contributed by atoms with E-state index in [0.29, 0.717) is 18.6 Å². The monoisotopic (exact) mass is 417 g/mol. The molecule has 30 heavy (non-hydrogen) atoms. The fourth-order valence-corrected chi connectivity index (χ4v) is 3.16. The van der Waals surface area contributed by atoms with E-state index in [1.165, 1.54) is 6.07 Å². The number of hydrogen-bond acceptors (Lipinski definition) is 4. The predicted octanol–water partition coefficient (Wildman–Crippen LogP) is 2.86. The first-order valence-electron chi connectivity index (χ1n) is 9.24. The maximum atomic E-state index is 13.3. The maximum absolute atomic E-state index is 13.3. The highest BCUT2D eigenvalue weighted by atomic mass is 19.2. The van der Waals surface area contributed by atoms with E-state index in [1.807, 2.05) is 24.3 Å². The number of rotatable bonds is 7. The van der Waals surface area contributed by atoms with Crippen LogP contribution < -0.4 is 15.4 Å². The number of methoxy groups -OCH3 is 1. The van der Waals surface area contributed by atoms with Crippen LogP contribution in [-0.4, -0.2) is 41.9 Å². The Labute approximate surface area is 172 Å². The van der Waals surface area contributed by atoms with Gasteiger partial charge in [0.1, 0.15) is 17.8 Å². The highest BCUT2D eigenvalue weighted by Gasteiger charge is 2.47. The van der Waals surface area contributed by atoms with E-state index in [-0.39, 0.29) is 5.69 Å². The lowest BCUT2D eigenvalue weighted by atomic mass is 9.93. The number of urea groups is 1. The smallest absolute Gasteiger partial charge is 0.325 e. The molecule has 7 nitrogen and oxygen atoms in total. The minimum atomic E-state index is -1.15. The van der Waals surface area contributed by atoms with Gasteiger partial charge in [0.15, 0.2) is 11.6 Å². The number of imide groups is 1. The Hall–Kier alpha value is -3.49. The average molecular weight is 417 g/mol. The van der Waals surface area contributed by atoms with E-state index in [0.717, 1.165) is 22.6 Å². The molecule has 4 amide bonds. The molecule has 0 radical (unpaired) electrons. The molecular formula is C21H21F2N3O4. The summed E-state index contributed by atoms with van der Waals surface area (Å²) in [6.45, 7) is 1.06. The van der Waals surface area contributed by atoms with Gasteiger partial charge in [-0.05, 0) is 49.6 Å². The second-order valence-electron chi connectivity index (χ2n) is 7.18. The number of anilines is 1. The zero-order valence-electron chi connectivity index (χ0n) is 16.5. The summed E-state index contributed by atoms with van der Waals surface area (Å²) in [7, 11) is 1.57. The lowest BCUT2D eigenvalue weighted by molar-refractivity contribution is -0.133. The van der Waals surface area contributed by atoms with Gasteiger partial charge < -0.3 is 15.4 Å². The van der Waals surface area contributed by atoms with Gasteiger partial charge in [-0.1, -0.05) is 12.1 Å². The third-order valence-electron chi connectivity index (χ3n) is 4.92. The van der Waals surface area contributed by atoms with Gasteiger partial charge in [-0.25, -0.2) is 13.6 Å². The largest absolute Gasteiger partial charge is 0.497 e. The number of halogens is 2. The zero-order valence-corrected chi connectivity index (χ0v) is 16.5. The van der Waals surface area contributed by atoms with Crippen molar-refractivity contribution in [3.8, 4) is 5.75 Å². The van der Waals surface area contributed by atoms with Crippen LogP contribution >= 0.6 is 0 Å². The summed E-state index contributed by atoms with van der Waals surface area (Å²) in [5.74, 6) is -2.68. The first-order valence-corrected chi connectivity index (χ1v) is 9.24. The lowest BCUT2D eigenvalue weighted by Gasteiger charge is -2.21. The van der Waals surface area contributed by atoms with Crippen molar-refractivity contribution in [2.75, 3.05) is 19.0 Å². The number of nitrogens with one attached hydrogen (secondary N) is 2. The number of hydrogen-bond donors (Lipinski definition) is 2. The summed E-state index contributed by atoms with van der Waals surface area (Å²) in [4.78, 5) is 38.1. The van der Waals surface area contributed by atoms with Crippen LogP contribution in [0.5, 0.6) is 5.75 Å². The molecule has 1 fully saturated rings. The molecule has 0 unspecified atom stereocenters. The molecule has 1 atom stereocenters. The molecule has 0 bridgehead atoms. The topological polar surface area (TPSA) is 87.7 Å². The molecule has 0 spiro atoms. The van der Waals surface area contributed by atoms with Crippen molar-refractivity contribution in [1.82, 2.24) is 10.2 Å². The lowest BCUT2D eigenvalue weighted by Crippen LogP contribution is -2.45. The molecule has 1 aliphatic heterocycles. The van der Waals surface area contributed by atoms with Crippen LogP contribution in [0.4, 0.5) is 19.3 Å².